The Balaban J connectivity index is 2.36. The van der Waals surface area contributed by atoms with Crippen molar-refractivity contribution in [2.45, 2.75) is 0 Å². The number of aromatic nitrogens is 1. The molecule has 0 fully saturated rings. The van der Waals surface area contributed by atoms with Gasteiger partial charge in [-0.1, -0.05) is 66.7 Å². The van der Waals surface area contributed by atoms with E-state index in [0.717, 1.165) is 22.3 Å². The normalized spacial score (nSPS) is 11.6. The average Bonchev–Trinajstić information content (AvgIpc) is 2.53. The molecular formula is C18H15ClN2. The molecule has 2 aromatic rings. The molecule has 0 aliphatic rings. The molecule has 1 aromatic heterocycles. The number of allylic oxidation sites excluding steroid dienone is 2. The predicted molar refractivity (Wildman–Crippen MR) is 92.3 cm³/mol. The van der Waals surface area contributed by atoms with Crippen LogP contribution in [0.15, 0.2) is 66.4 Å². The smallest absolute Gasteiger partial charge is 0.136 e. The number of benzene rings is 1. The first-order valence-corrected chi connectivity index (χ1v) is 6.80. The van der Waals surface area contributed by atoms with E-state index in [9.17, 15) is 0 Å². The predicted octanol–water partition coefficient (Wildman–Crippen LogP) is 5.13. The van der Waals surface area contributed by atoms with Gasteiger partial charge in [-0.25, -0.2) is 4.98 Å². The Morgan fingerprint density at radius 1 is 1.19 bits per heavy atom. The van der Waals surface area contributed by atoms with Crippen LogP contribution in [0.25, 0.3) is 17.7 Å². The molecule has 0 radical (unpaired) electrons. The van der Waals surface area contributed by atoms with Crippen molar-refractivity contribution < 1.29 is 0 Å². The number of nitrogens with zero attached hydrogens (tertiary/aromatic N) is 2. The van der Waals surface area contributed by atoms with Crippen LogP contribution in [0, 0.1) is 0 Å². The molecule has 0 aliphatic heterocycles. The van der Waals surface area contributed by atoms with Crippen molar-refractivity contribution in [2.75, 3.05) is 0 Å². The van der Waals surface area contributed by atoms with Crippen LogP contribution in [0.5, 0.6) is 0 Å². The fraction of sp³-hybridized carbons (Fsp3) is 0. The van der Waals surface area contributed by atoms with E-state index >= 15 is 0 Å². The molecule has 0 saturated carbocycles. The van der Waals surface area contributed by atoms with Crippen molar-refractivity contribution in [3.63, 3.8) is 0 Å². The summed E-state index contributed by atoms with van der Waals surface area (Å²) in [6, 6.07) is 12.0. The van der Waals surface area contributed by atoms with Crippen molar-refractivity contribution in [3.05, 3.63) is 83.3 Å². The molecule has 0 N–H and O–H groups in total. The maximum Gasteiger partial charge on any atom is 0.136 e. The topological polar surface area (TPSA) is 25.2 Å². The standard InChI is InChI=1S/C18H15ClN2/c1-3-15(12-20-2)17-11-16(18(19)21-13-17)10-9-14-7-5-4-6-8-14/h3-13H,1-2H2/b10-9+,15-12+. The Labute approximate surface area is 129 Å². The molecule has 1 heterocycles. The molecule has 0 spiro atoms. The van der Waals surface area contributed by atoms with E-state index in [2.05, 4.69) is 23.3 Å². The van der Waals surface area contributed by atoms with E-state index in [1.54, 1.807) is 18.5 Å². The minimum absolute atomic E-state index is 0.459. The van der Waals surface area contributed by atoms with E-state index in [-0.39, 0.29) is 0 Å². The van der Waals surface area contributed by atoms with E-state index in [0.29, 0.717) is 5.15 Å². The summed E-state index contributed by atoms with van der Waals surface area (Å²) < 4.78 is 0. The van der Waals surface area contributed by atoms with Gasteiger partial charge in [0.05, 0.1) is 0 Å². The second kappa shape index (κ2) is 7.36. The van der Waals surface area contributed by atoms with Crippen molar-refractivity contribution in [1.29, 1.82) is 0 Å². The minimum Gasteiger partial charge on any atom is -0.272 e. The summed E-state index contributed by atoms with van der Waals surface area (Å²) in [6.07, 6.45) is 8.99. The van der Waals surface area contributed by atoms with E-state index < -0.39 is 0 Å². The molecule has 21 heavy (non-hydrogen) atoms. The third-order valence-corrected chi connectivity index (χ3v) is 3.22. The maximum absolute atomic E-state index is 6.14. The third kappa shape index (κ3) is 4.01. The Morgan fingerprint density at radius 2 is 1.95 bits per heavy atom. The maximum atomic E-state index is 6.14. The lowest BCUT2D eigenvalue weighted by atomic mass is 10.1. The molecule has 0 aliphatic carbocycles. The van der Waals surface area contributed by atoms with E-state index in [4.69, 9.17) is 11.6 Å². The van der Waals surface area contributed by atoms with E-state index in [1.807, 2.05) is 48.6 Å². The zero-order valence-corrected chi connectivity index (χ0v) is 12.3. The van der Waals surface area contributed by atoms with Crippen LogP contribution in [0.3, 0.4) is 0 Å². The first kappa shape index (κ1) is 14.9. The number of aliphatic imine (C=N–C) groups is 1. The quantitative estimate of drug-likeness (QED) is 0.426. The lowest BCUT2D eigenvalue weighted by Gasteiger charge is -2.04. The van der Waals surface area contributed by atoms with Crippen molar-refractivity contribution >= 4 is 36.0 Å². The van der Waals surface area contributed by atoms with Crippen molar-refractivity contribution in [3.8, 4) is 0 Å². The molecule has 1 aromatic carbocycles. The molecular weight excluding hydrogens is 280 g/mol. The summed E-state index contributed by atoms with van der Waals surface area (Å²) in [5.74, 6) is 0. The van der Waals surface area contributed by atoms with Gasteiger partial charge in [-0.15, -0.1) is 0 Å². The highest BCUT2D eigenvalue weighted by Crippen LogP contribution is 2.22. The van der Waals surface area contributed by atoms with Gasteiger partial charge in [-0.2, -0.15) is 0 Å². The highest BCUT2D eigenvalue weighted by Gasteiger charge is 2.03. The van der Waals surface area contributed by atoms with Gasteiger partial charge in [0, 0.05) is 29.1 Å². The number of rotatable bonds is 5. The van der Waals surface area contributed by atoms with Gasteiger partial charge in [-0.05, 0) is 18.3 Å². The van der Waals surface area contributed by atoms with Gasteiger partial charge in [0.25, 0.3) is 0 Å². The summed E-state index contributed by atoms with van der Waals surface area (Å²) in [4.78, 5) is 7.97. The molecule has 0 amide bonds. The number of pyridine rings is 1. The summed E-state index contributed by atoms with van der Waals surface area (Å²) in [7, 11) is 0. The highest BCUT2D eigenvalue weighted by atomic mass is 35.5. The van der Waals surface area contributed by atoms with Crippen molar-refractivity contribution in [2.24, 2.45) is 4.99 Å². The second-order valence-corrected chi connectivity index (χ2v) is 4.68. The first-order chi connectivity index (χ1) is 10.2. The molecule has 104 valence electrons. The summed E-state index contributed by atoms with van der Waals surface area (Å²) in [5.41, 5.74) is 3.69. The van der Waals surface area contributed by atoms with Crippen LogP contribution in [-0.4, -0.2) is 11.7 Å². The van der Waals surface area contributed by atoms with Crippen LogP contribution >= 0.6 is 11.6 Å². The molecule has 2 nitrogen and oxygen atoms in total. The SMILES string of the molecule is C=C/C(=C\N=C)c1cnc(Cl)c(/C=C/c2ccccc2)c1. The number of hydrogen-bond acceptors (Lipinski definition) is 2. The van der Waals surface area contributed by atoms with Gasteiger partial charge in [0.2, 0.25) is 0 Å². The Kier molecular flexibility index (Phi) is 5.24. The lowest BCUT2D eigenvalue weighted by molar-refractivity contribution is 1.30. The summed E-state index contributed by atoms with van der Waals surface area (Å²) in [5, 5.41) is 0.459. The third-order valence-electron chi connectivity index (χ3n) is 2.90. The molecule has 0 atom stereocenters. The fourth-order valence-electron chi connectivity index (χ4n) is 1.83. The summed E-state index contributed by atoms with van der Waals surface area (Å²) >= 11 is 6.14. The summed E-state index contributed by atoms with van der Waals surface area (Å²) in [6.45, 7) is 7.22. The van der Waals surface area contributed by atoms with Gasteiger partial charge < -0.3 is 0 Å². The van der Waals surface area contributed by atoms with Crippen LogP contribution in [0.4, 0.5) is 0 Å². The van der Waals surface area contributed by atoms with Gasteiger partial charge in [0.15, 0.2) is 0 Å². The van der Waals surface area contributed by atoms with Crippen molar-refractivity contribution in [1.82, 2.24) is 4.98 Å². The van der Waals surface area contributed by atoms with Crippen LogP contribution in [-0.2, 0) is 0 Å². The largest absolute Gasteiger partial charge is 0.272 e. The van der Waals surface area contributed by atoms with Gasteiger partial charge in [-0.3, -0.25) is 4.99 Å². The Morgan fingerprint density at radius 3 is 2.62 bits per heavy atom. The molecule has 3 heteroatoms. The Hall–Kier alpha value is -2.45. The van der Waals surface area contributed by atoms with Gasteiger partial charge >= 0.3 is 0 Å². The molecule has 2 rings (SSSR count). The second-order valence-electron chi connectivity index (χ2n) is 4.32. The molecule has 0 saturated heterocycles. The van der Waals surface area contributed by atoms with Crippen LogP contribution < -0.4 is 0 Å². The fourth-order valence-corrected chi connectivity index (χ4v) is 2.00. The van der Waals surface area contributed by atoms with E-state index in [1.165, 1.54) is 0 Å². The molecule has 0 unspecified atom stereocenters. The Bertz CT molecular complexity index is 700. The van der Waals surface area contributed by atoms with Gasteiger partial charge in [0.1, 0.15) is 5.15 Å². The minimum atomic E-state index is 0.459. The average molecular weight is 295 g/mol. The zero-order valence-electron chi connectivity index (χ0n) is 11.5. The van der Waals surface area contributed by atoms with Crippen LogP contribution in [0.1, 0.15) is 16.7 Å². The van der Waals surface area contributed by atoms with Crippen LogP contribution in [0.2, 0.25) is 5.15 Å². The number of halogens is 1. The monoisotopic (exact) mass is 294 g/mol. The lowest BCUT2D eigenvalue weighted by Crippen LogP contribution is -1.87. The zero-order chi connectivity index (χ0) is 15.1. The first-order valence-electron chi connectivity index (χ1n) is 6.42. The highest BCUT2D eigenvalue weighted by molar-refractivity contribution is 6.31. The molecule has 0 bridgehead atoms. The number of hydrogen-bond donors (Lipinski definition) is 0.